The summed E-state index contributed by atoms with van der Waals surface area (Å²) in [6.45, 7) is 15.4. The van der Waals surface area contributed by atoms with Gasteiger partial charge in [-0.3, -0.25) is 9.59 Å². The molecular weight excluding hydrogens is 396 g/mol. The van der Waals surface area contributed by atoms with E-state index in [9.17, 15) is 19.8 Å². The molecule has 1 aliphatic heterocycles. The van der Waals surface area contributed by atoms with Crippen LogP contribution in [0, 0.1) is 34.5 Å². The maximum Gasteiger partial charge on any atom is 0.303 e. The van der Waals surface area contributed by atoms with Gasteiger partial charge in [-0.2, -0.15) is 0 Å². The second kappa shape index (κ2) is 6.64. The van der Waals surface area contributed by atoms with E-state index in [1.165, 1.54) is 6.92 Å². The fraction of sp³-hybridized carbons (Fsp3) is 0.840. The fourth-order valence-corrected chi connectivity index (χ4v) is 8.19. The number of fused-ring (bicyclic) bond motifs is 5. The van der Waals surface area contributed by atoms with Gasteiger partial charge in [0.25, 0.3) is 0 Å². The Morgan fingerprint density at radius 2 is 1.81 bits per heavy atom. The van der Waals surface area contributed by atoms with Crippen LogP contribution in [0.25, 0.3) is 0 Å². The number of ether oxygens (including phenoxy) is 2. The summed E-state index contributed by atoms with van der Waals surface area (Å²) >= 11 is 0. The molecule has 6 heteroatoms. The van der Waals surface area contributed by atoms with Crippen LogP contribution in [0.15, 0.2) is 11.1 Å². The molecular formula is C25H38O6. The molecule has 2 N–H and O–H groups in total. The molecule has 0 amide bonds. The highest BCUT2D eigenvalue weighted by Gasteiger charge is 2.74. The van der Waals surface area contributed by atoms with Crippen molar-refractivity contribution in [2.24, 2.45) is 34.5 Å². The predicted octanol–water partition coefficient (Wildman–Crippen LogP) is 3.04. The van der Waals surface area contributed by atoms with Gasteiger partial charge >= 0.3 is 5.97 Å². The Bertz CT molecular complexity index is 860. The molecule has 6 nitrogen and oxygen atoms in total. The van der Waals surface area contributed by atoms with Gasteiger partial charge in [0.15, 0.2) is 5.60 Å². The van der Waals surface area contributed by atoms with Crippen LogP contribution < -0.4 is 0 Å². The molecule has 0 spiro atoms. The molecule has 9 unspecified atom stereocenters. The minimum absolute atomic E-state index is 0.000233. The van der Waals surface area contributed by atoms with E-state index in [1.54, 1.807) is 0 Å². The first-order valence-electron chi connectivity index (χ1n) is 11.6. The van der Waals surface area contributed by atoms with Crippen LogP contribution >= 0.6 is 0 Å². The van der Waals surface area contributed by atoms with Crippen molar-refractivity contribution in [2.45, 2.75) is 91.6 Å². The fourth-order valence-electron chi connectivity index (χ4n) is 8.19. The SMILES string of the molecule is CC(=O)OC12COC1CC(C)C1(C)C(=O)C(C)C3=C(C)C(O)CC(O)(C(C)C21)C3(C)C. The Labute approximate surface area is 185 Å². The summed E-state index contributed by atoms with van der Waals surface area (Å²) in [7, 11) is 0. The maximum absolute atomic E-state index is 14.3. The molecule has 4 rings (SSSR count). The van der Waals surface area contributed by atoms with E-state index in [0.29, 0.717) is 6.42 Å². The van der Waals surface area contributed by atoms with Crippen LogP contribution in [0.4, 0.5) is 0 Å². The summed E-state index contributed by atoms with van der Waals surface area (Å²) in [5.41, 5.74) is -2.07. The first-order valence-corrected chi connectivity index (χ1v) is 11.6. The highest BCUT2D eigenvalue weighted by atomic mass is 16.6. The van der Waals surface area contributed by atoms with Crippen LogP contribution in [0.1, 0.15) is 68.2 Å². The number of ketones is 1. The molecule has 1 saturated heterocycles. The second-order valence-electron chi connectivity index (χ2n) is 11.5. The molecule has 4 aliphatic rings. The number of Topliss-reactive ketones (excluding diaryl/α,β-unsaturated/α-hetero) is 1. The normalized spacial score (nSPS) is 51.1. The van der Waals surface area contributed by atoms with Crippen molar-refractivity contribution in [2.75, 3.05) is 6.61 Å². The van der Waals surface area contributed by atoms with Crippen molar-refractivity contribution < 1.29 is 29.3 Å². The Balaban J connectivity index is 2.02. The van der Waals surface area contributed by atoms with Crippen molar-refractivity contribution in [3.05, 3.63) is 11.1 Å². The average molecular weight is 435 g/mol. The first kappa shape index (κ1) is 22.9. The summed E-state index contributed by atoms with van der Waals surface area (Å²) in [6.07, 6.45) is -0.269. The van der Waals surface area contributed by atoms with Gasteiger partial charge < -0.3 is 19.7 Å². The molecule has 1 heterocycles. The molecule has 0 aromatic carbocycles. The van der Waals surface area contributed by atoms with E-state index >= 15 is 0 Å². The number of aliphatic hydroxyl groups is 2. The predicted molar refractivity (Wildman–Crippen MR) is 115 cm³/mol. The van der Waals surface area contributed by atoms with E-state index in [4.69, 9.17) is 9.47 Å². The van der Waals surface area contributed by atoms with Crippen molar-refractivity contribution in [3.8, 4) is 0 Å². The molecule has 0 aromatic rings. The third kappa shape index (κ3) is 2.56. The summed E-state index contributed by atoms with van der Waals surface area (Å²) in [5, 5.41) is 23.3. The summed E-state index contributed by atoms with van der Waals surface area (Å²) in [4.78, 5) is 26.5. The van der Waals surface area contributed by atoms with Gasteiger partial charge in [-0.05, 0) is 36.3 Å². The number of aliphatic hydroxyl groups excluding tert-OH is 1. The number of rotatable bonds is 1. The van der Waals surface area contributed by atoms with Gasteiger partial charge in [-0.1, -0.05) is 41.5 Å². The van der Waals surface area contributed by atoms with Crippen molar-refractivity contribution in [1.29, 1.82) is 0 Å². The summed E-state index contributed by atoms with van der Waals surface area (Å²) in [5.74, 6) is -1.57. The Morgan fingerprint density at radius 3 is 2.32 bits per heavy atom. The lowest BCUT2D eigenvalue weighted by molar-refractivity contribution is -0.332. The van der Waals surface area contributed by atoms with Gasteiger partial charge in [0.1, 0.15) is 11.9 Å². The minimum Gasteiger partial charge on any atom is -0.454 e. The van der Waals surface area contributed by atoms with Crippen molar-refractivity contribution in [1.82, 2.24) is 0 Å². The average Bonchev–Trinajstić information content (AvgIpc) is 2.65. The molecule has 3 aliphatic carbocycles. The first-order chi connectivity index (χ1) is 14.2. The standard InChI is InChI=1S/C25H38O6/c1-12-9-18-24(11-30-18,31-16(5)26)20-15(4)25(29)10-17(27)13(2)19(22(25,6)7)14(3)21(28)23(12,20)8/h12,14-15,17-18,20,27,29H,9-11H2,1-8H3. The monoisotopic (exact) mass is 434 g/mol. The van der Waals surface area contributed by atoms with Crippen LogP contribution in [-0.2, 0) is 19.1 Å². The molecule has 0 radical (unpaired) electrons. The number of esters is 1. The van der Waals surface area contributed by atoms with Gasteiger partial charge in [0.2, 0.25) is 0 Å². The molecule has 2 bridgehead atoms. The van der Waals surface area contributed by atoms with Gasteiger partial charge in [0.05, 0.1) is 18.3 Å². The van der Waals surface area contributed by atoms with E-state index < -0.39 is 51.9 Å². The third-order valence-electron chi connectivity index (χ3n) is 9.95. The van der Waals surface area contributed by atoms with Gasteiger partial charge in [-0.25, -0.2) is 0 Å². The Kier molecular flexibility index (Phi) is 4.92. The lowest BCUT2D eigenvalue weighted by atomic mass is 9.40. The Morgan fingerprint density at radius 1 is 1.19 bits per heavy atom. The summed E-state index contributed by atoms with van der Waals surface area (Å²) in [6, 6.07) is 0. The van der Waals surface area contributed by atoms with E-state index in [0.717, 1.165) is 11.1 Å². The largest absolute Gasteiger partial charge is 0.454 e. The molecule has 9 atom stereocenters. The van der Waals surface area contributed by atoms with E-state index in [2.05, 4.69) is 6.92 Å². The van der Waals surface area contributed by atoms with Crippen molar-refractivity contribution in [3.63, 3.8) is 0 Å². The van der Waals surface area contributed by atoms with Gasteiger partial charge in [-0.15, -0.1) is 0 Å². The molecule has 0 aromatic heterocycles. The van der Waals surface area contributed by atoms with Crippen LogP contribution in [0.2, 0.25) is 0 Å². The maximum atomic E-state index is 14.3. The molecule has 174 valence electrons. The quantitative estimate of drug-likeness (QED) is 0.487. The lowest BCUT2D eigenvalue weighted by Crippen LogP contribution is -2.78. The second-order valence-corrected chi connectivity index (χ2v) is 11.5. The zero-order chi connectivity index (χ0) is 23.3. The number of carbonyl (C=O) groups is 2. The highest BCUT2D eigenvalue weighted by Crippen LogP contribution is 2.67. The minimum atomic E-state index is -1.27. The van der Waals surface area contributed by atoms with E-state index in [1.807, 2.05) is 41.5 Å². The highest BCUT2D eigenvalue weighted by molar-refractivity contribution is 5.91. The molecule has 2 saturated carbocycles. The zero-order valence-electron chi connectivity index (χ0n) is 20.1. The van der Waals surface area contributed by atoms with Crippen LogP contribution in [0.3, 0.4) is 0 Å². The Hall–Kier alpha value is -1.24. The number of hydrogen-bond acceptors (Lipinski definition) is 6. The third-order valence-corrected chi connectivity index (χ3v) is 9.95. The topological polar surface area (TPSA) is 93.1 Å². The van der Waals surface area contributed by atoms with Crippen LogP contribution in [0.5, 0.6) is 0 Å². The lowest BCUT2D eigenvalue weighted by Gasteiger charge is -2.68. The molecule has 31 heavy (non-hydrogen) atoms. The molecule has 3 fully saturated rings. The smallest absolute Gasteiger partial charge is 0.303 e. The number of carbonyl (C=O) groups excluding carboxylic acids is 2. The van der Waals surface area contributed by atoms with Crippen molar-refractivity contribution >= 4 is 11.8 Å². The number of hydrogen-bond donors (Lipinski definition) is 2. The van der Waals surface area contributed by atoms with Crippen LogP contribution in [-0.4, -0.2) is 52.0 Å². The van der Waals surface area contributed by atoms with Gasteiger partial charge in [0, 0.05) is 36.0 Å². The zero-order valence-corrected chi connectivity index (χ0v) is 20.1. The van der Waals surface area contributed by atoms with E-state index in [-0.39, 0.29) is 30.8 Å². The summed E-state index contributed by atoms with van der Waals surface area (Å²) < 4.78 is 11.9.